The average molecular weight is 286 g/mol. The Hall–Kier alpha value is -1.31. The van der Waals surface area contributed by atoms with Gasteiger partial charge in [0.2, 0.25) is 10.0 Å². The van der Waals surface area contributed by atoms with Crippen molar-refractivity contribution < 1.29 is 18.6 Å². The molecule has 106 valence electrons. The van der Waals surface area contributed by atoms with E-state index in [1.54, 1.807) is 0 Å². The predicted octanol–water partition coefficient (Wildman–Crippen LogP) is 0.558. The molecule has 6 nitrogen and oxygen atoms in total. The van der Waals surface area contributed by atoms with Crippen molar-refractivity contribution in [1.82, 2.24) is 4.72 Å². The SMILES string of the molecule is Nc1cc(S(=O)(=O)NC2(CO)CCCC2)ccc1O. The summed E-state index contributed by atoms with van der Waals surface area (Å²) in [5.74, 6) is -0.156. The molecular formula is C12H18N2O4S. The molecule has 1 aromatic carbocycles. The van der Waals surface area contributed by atoms with Crippen molar-refractivity contribution in [3.63, 3.8) is 0 Å². The second kappa shape index (κ2) is 4.99. The lowest BCUT2D eigenvalue weighted by atomic mass is 10.0. The molecule has 1 aliphatic carbocycles. The minimum atomic E-state index is -3.75. The van der Waals surface area contributed by atoms with Gasteiger partial charge in [-0.1, -0.05) is 12.8 Å². The van der Waals surface area contributed by atoms with Crippen LogP contribution in [0.4, 0.5) is 5.69 Å². The summed E-state index contributed by atoms with van der Waals surface area (Å²) in [7, 11) is -3.75. The molecule has 7 heteroatoms. The molecule has 2 rings (SSSR count). The largest absolute Gasteiger partial charge is 0.506 e. The van der Waals surface area contributed by atoms with Gasteiger partial charge in [-0.3, -0.25) is 0 Å². The van der Waals surface area contributed by atoms with Crippen molar-refractivity contribution in [2.24, 2.45) is 0 Å². The van der Waals surface area contributed by atoms with Crippen LogP contribution in [0.1, 0.15) is 25.7 Å². The van der Waals surface area contributed by atoms with Crippen LogP contribution in [-0.4, -0.2) is 30.8 Å². The van der Waals surface area contributed by atoms with E-state index in [1.807, 2.05) is 0 Å². The van der Waals surface area contributed by atoms with Gasteiger partial charge in [-0.15, -0.1) is 0 Å². The predicted molar refractivity (Wildman–Crippen MR) is 71.1 cm³/mol. The summed E-state index contributed by atoms with van der Waals surface area (Å²) in [5, 5.41) is 18.7. The molecule has 0 amide bonds. The summed E-state index contributed by atoms with van der Waals surface area (Å²) in [6.07, 6.45) is 3.02. The van der Waals surface area contributed by atoms with Crippen molar-refractivity contribution in [2.45, 2.75) is 36.1 Å². The molecule has 1 fully saturated rings. The van der Waals surface area contributed by atoms with Crippen LogP contribution < -0.4 is 10.5 Å². The molecular weight excluding hydrogens is 268 g/mol. The van der Waals surface area contributed by atoms with Crippen LogP contribution >= 0.6 is 0 Å². The van der Waals surface area contributed by atoms with Crippen LogP contribution in [0.3, 0.4) is 0 Å². The van der Waals surface area contributed by atoms with Gasteiger partial charge in [0.15, 0.2) is 0 Å². The molecule has 0 saturated heterocycles. The fourth-order valence-electron chi connectivity index (χ4n) is 2.39. The Morgan fingerprint density at radius 2 is 1.95 bits per heavy atom. The fraction of sp³-hybridized carbons (Fsp3) is 0.500. The Morgan fingerprint density at radius 3 is 2.47 bits per heavy atom. The standard InChI is InChI=1S/C12H18N2O4S/c13-10-7-9(3-4-11(10)16)19(17,18)14-12(8-15)5-1-2-6-12/h3-4,7,14-16H,1-2,5-6,8,13H2. The number of nitrogen functional groups attached to an aromatic ring is 1. The number of benzene rings is 1. The third kappa shape index (κ3) is 2.83. The molecule has 19 heavy (non-hydrogen) atoms. The molecule has 0 aliphatic heterocycles. The zero-order valence-electron chi connectivity index (χ0n) is 10.5. The third-order valence-electron chi connectivity index (χ3n) is 3.52. The summed E-state index contributed by atoms with van der Waals surface area (Å²) in [5.41, 5.74) is 4.73. The normalized spacial score (nSPS) is 18.6. The van der Waals surface area contributed by atoms with Crippen molar-refractivity contribution in [2.75, 3.05) is 12.3 Å². The molecule has 1 aliphatic rings. The number of anilines is 1. The first-order chi connectivity index (χ1) is 8.88. The van der Waals surface area contributed by atoms with Crippen molar-refractivity contribution in [3.8, 4) is 5.75 Å². The van der Waals surface area contributed by atoms with Crippen molar-refractivity contribution in [3.05, 3.63) is 18.2 Å². The maximum absolute atomic E-state index is 12.3. The number of rotatable bonds is 4. The van der Waals surface area contributed by atoms with Gasteiger partial charge in [-0.05, 0) is 31.0 Å². The number of phenolic OH excluding ortho intramolecular Hbond substituents is 1. The highest BCUT2D eigenvalue weighted by Crippen LogP contribution is 2.31. The van der Waals surface area contributed by atoms with Crippen LogP contribution in [0.2, 0.25) is 0 Å². The van der Waals surface area contributed by atoms with E-state index in [0.29, 0.717) is 12.8 Å². The molecule has 1 saturated carbocycles. The molecule has 0 bridgehead atoms. The molecule has 0 heterocycles. The average Bonchev–Trinajstić information content (AvgIpc) is 2.81. The van der Waals surface area contributed by atoms with Gasteiger partial charge in [-0.25, -0.2) is 13.1 Å². The maximum Gasteiger partial charge on any atom is 0.241 e. The summed E-state index contributed by atoms with van der Waals surface area (Å²) in [6, 6.07) is 3.73. The summed E-state index contributed by atoms with van der Waals surface area (Å²) in [4.78, 5) is -0.0116. The number of aliphatic hydroxyl groups excluding tert-OH is 1. The van der Waals surface area contributed by atoms with E-state index in [4.69, 9.17) is 5.73 Å². The number of phenols is 1. The maximum atomic E-state index is 12.3. The zero-order chi connectivity index (χ0) is 14.1. The van der Waals surface area contributed by atoms with Crippen molar-refractivity contribution >= 4 is 15.7 Å². The minimum absolute atomic E-state index is 0.00680. The van der Waals surface area contributed by atoms with Gasteiger partial charge in [-0.2, -0.15) is 0 Å². The van der Waals surface area contributed by atoms with E-state index >= 15 is 0 Å². The van der Waals surface area contributed by atoms with Crippen LogP contribution in [0.5, 0.6) is 5.75 Å². The Bertz CT molecular complexity index is 565. The van der Waals surface area contributed by atoms with E-state index in [9.17, 15) is 18.6 Å². The first kappa shape index (κ1) is 14.1. The van der Waals surface area contributed by atoms with Gasteiger partial charge in [0.05, 0.1) is 22.7 Å². The highest BCUT2D eigenvalue weighted by atomic mass is 32.2. The third-order valence-corrected chi connectivity index (χ3v) is 5.10. The number of sulfonamides is 1. The number of nitrogens with two attached hydrogens (primary N) is 1. The van der Waals surface area contributed by atoms with Crippen LogP contribution in [-0.2, 0) is 10.0 Å². The Kier molecular flexibility index (Phi) is 3.71. The van der Waals surface area contributed by atoms with E-state index in [0.717, 1.165) is 12.8 Å². The molecule has 0 unspecified atom stereocenters. The Labute approximate surface area is 112 Å². The molecule has 1 aromatic rings. The summed E-state index contributed by atoms with van der Waals surface area (Å²) in [6.45, 7) is -0.222. The highest BCUT2D eigenvalue weighted by Gasteiger charge is 2.37. The molecule has 0 atom stereocenters. The molecule has 0 radical (unpaired) electrons. The topological polar surface area (TPSA) is 113 Å². The van der Waals surface area contributed by atoms with Gasteiger partial charge in [0, 0.05) is 0 Å². The quantitative estimate of drug-likeness (QED) is 0.477. The fourth-order valence-corrected chi connectivity index (χ4v) is 3.87. The Balaban J connectivity index is 2.29. The number of hydrogen-bond donors (Lipinski definition) is 4. The van der Waals surface area contributed by atoms with E-state index in [2.05, 4.69) is 4.72 Å². The van der Waals surface area contributed by atoms with Crippen molar-refractivity contribution in [1.29, 1.82) is 0 Å². The number of aromatic hydroxyl groups is 1. The lowest BCUT2D eigenvalue weighted by molar-refractivity contribution is 0.185. The van der Waals surface area contributed by atoms with Gasteiger partial charge in [0.1, 0.15) is 5.75 Å². The second-order valence-electron chi connectivity index (χ2n) is 4.97. The monoisotopic (exact) mass is 286 g/mol. The number of aliphatic hydroxyl groups is 1. The van der Waals surface area contributed by atoms with Gasteiger partial charge < -0.3 is 15.9 Å². The van der Waals surface area contributed by atoms with E-state index < -0.39 is 15.6 Å². The summed E-state index contributed by atoms with van der Waals surface area (Å²) < 4.78 is 27.1. The molecule has 0 aromatic heterocycles. The van der Waals surface area contributed by atoms with Crippen LogP contribution in [0.15, 0.2) is 23.1 Å². The smallest absolute Gasteiger partial charge is 0.241 e. The first-order valence-corrected chi connectivity index (χ1v) is 7.60. The minimum Gasteiger partial charge on any atom is -0.506 e. The summed E-state index contributed by atoms with van der Waals surface area (Å²) >= 11 is 0. The second-order valence-corrected chi connectivity index (χ2v) is 6.65. The number of hydrogen-bond acceptors (Lipinski definition) is 5. The Morgan fingerprint density at radius 1 is 1.32 bits per heavy atom. The lowest BCUT2D eigenvalue weighted by Crippen LogP contribution is -2.49. The van der Waals surface area contributed by atoms with Crippen LogP contribution in [0, 0.1) is 0 Å². The number of nitrogens with one attached hydrogen (secondary N) is 1. The van der Waals surface area contributed by atoms with Gasteiger partial charge >= 0.3 is 0 Å². The highest BCUT2D eigenvalue weighted by molar-refractivity contribution is 7.89. The van der Waals surface area contributed by atoms with Crippen LogP contribution in [0.25, 0.3) is 0 Å². The zero-order valence-corrected chi connectivity index (χ0v) is 11.3. The first-order valence-electron chi connectivity index (χ1n) is 6.12. The molecule has 0 spiro atoms. The van der Waals surface area contributed by atoms with Gasteiger partial charge in [0.25, 0.3) is 0 Å². The van der Waals surface area contributed by atoms with E-state index in [1.165, 1.54) is 18.2 Å². The lowest BCUT2D eigenvalue weighted by Gasteiger charge is -2.27. The molecule has 5 N–H and O–H groups in total. The van der Waals surface area contributed by atoms with E-state index in [-0.39, 0.29) is 22.9 Å².